The van der Waals surface area contributed by atoms with Crippen LogP contribution < -0.4 is 10.1 Å². The highest BCUT2D eigenvalue weighted by atomic mass is 35.5. The Bertz CT molecular complexity index is 1020. The largest absolute Gasteiger partial charge is 0.484 e. The minimum absolute atomic E-state index is 0.00341. The van der Waals surface area contributed by atoms with E-state index >= 15 is 0 Å². The average Bonchev–Trinajstić information content (AvgIpc) is 3.28. The maximum Gasteiger partial charge on any atom is 0.230 e. The molecule has 0 spiro atoms. The van der Waals surface area contributed by atoms with Crippen LogP contribution in [0.5, 0.6) is 5.75 Å². The van der Waals surface area contributed by atoms with Crippen molar-refractivity contribution in [3.05, 3.63) is 57.5 Å². The van der Waals surface area contributed by atoms with E-state index in [4.69, 9.17) is 16.3 Å². The number of aromatic nitrogens is 3. The van der Waals surface area contributed by atoms with Gasteiger partial charge in [0.05, 0.1) is 16.8 Å². The average molecular weight is 477 g/mol. The van der Waals surface area contributed by atoms with Crippen LogP contribution in [0, 0.1) is 5.92 Å². The van der Waals surface area contributed by atoms with E-state index in [1.807, 2.05) is 29.6 Å². The molecule has 1 aliphatic rings. The Morgan fingerprint density at radius 1 is 1.29 bits per heavy atom. The van der Waals surface area contributed by atoms with Crippen molar-refractivity contribution in [3.8, 4) is 5.75 Å². The number of thiophene rings is 1. The molecule has 2 aromatic heterocycles. The molecular weight excluding hydrogens is 452 g/mol. The highest BCUT2D eigenvalue weighted by Gasteiger charge is 2.30. The molecule has 164 valence electrons. The van der Waals surface area contributed by atoms with Crippen LogP contribution in [0.4, 0.5) is 0 Å². The fourth-order valence-corrected chi connectivity index (χ4v) is 5.26. The monoisotopic (exact) mass is 476 g/mol. The summed E-state index contributed by atoms with van der Waals surface area (Å²) in [6, 6.07) is 11.9. The molecule has 9 heteroatoms. The quantitative estimate of drug-likeness (QED) is 0.390. The van der Waals surface area contributed by atoms with Crippen LogP contribution >= 0.6 is 34.7 Å². The van der Waals surface area contributed by atoms with E-state index in [2.05, 4.69) is 40.0 Å². The van der Waals surface area contributed by atoms with Gasteiger partial charge in [0.2, 0.25) is 5.91 Å². The Labute approximate surface area is 195 Å². The SMILES string of the molecule is CC(C)[C@H](NC(=O)CSc1nnc(COc2ccccc2Cl)n1C1CC1)c1cccs1. The molecule has 1 saturated carbocycles. The van der Waals surface area contributed by atoms with Gasteiger partial charge in [-0.1, -0.05) is 55.4 Å². The number of para-hydroxylation sites is 1. The molecular formula is C22H25ClN4O2S2. The van der Waals surface area contributed by atoms with Gasteiger partial charge < -0.3 is 10.1 Å². The number of nitrogens with zero attached hydrogens (tertiary/aromatic N) is 3. The fourth-order valence-electron chi connectivity index (χ4n) is 3.29. The smallest absolute Gasteiger partial charge is 0.230 e. The lowest BCUT2D eigenvalue weighted by Crippen LogP contribution is -2.32. The third kappa shape index (κ3) is 5.61. The number of benzene rings is 1. The van der Waals surface area contributed by atoms with Crippen molar-refractivity contribution in [2.45, 2.75) is 50.5 Å². The van der Waals surface area contributed by atoms with Crippen LogP contribution in [-0.4, -0.2) is 26.4 Å². The maximum atomic E-state index is 12.7. The third-order valence-electron chi connectivity index (χ3n) is 5.01. The first kappa shape index (κ1) is 22.2. The van der Waals surface area contributed by atoms with Crippen molar-refractivity contribution in [1.29, 1.82) is 0 Å². The molecule has 1 N–H and O–H groups in total. The molecule has 3 aromatic rings. The number of hydrogen-bond donors (Lipinski definition) is 1. The van der Waals surface area contributed by atoms with Gasteiger partial charge in [-0.3, -0.25) is 9.36 Å². The third-order valence-corrected chi connectivity index (χ3v) is 7.22. The number of hydrogen-bond acceptors (Lipinski definition) is 6. The van der Waals surface area contributed by atoms with E-state index in [-0.39, 0.29) is 18.6 Å². The first-order valence-corrected chi connectivity index (χ1v) is 12.5. The molecule has 1 fully saturated rings. The molecule has 1 amide bonds. The number of thioether (sulfide) groups is 1. The van der Waals surface area contributed by atoms with Gasteiger partial charge in [0.15, 0.2) is 11.0 Å². The Morgan fingerprint density at radius 2 is 2.10 bits per heavy atom. The van der Waals surface area contributed by atoms with Crippen LogP contribution in [0.1, 0.15) is 49.5 Å². The first-order valence-electron chi connectivity index (χ1n) is 10.3. The van der Waals surface area contributed by atoms with E-state index in [9.17, 15) is 4.79 Å². The normalized spacial score (nSPS) is 14.6. The summed E-state index contributed by atoms with van der Waals surface area (Å²) in [5, 5.41) is 15.2. The van der Waals surface area contributed by atoms with Gasteiger partial charge in [0.25, 0.3) is 0 Å². The van der Waals surface area contributed by atoms with Crippen LogP contribution in [0.25, 0.3) is 0 Å². The van der Waals surface area contributed by atoms with Gasteiger partial charge in [0.1, 0.15) is 12.4 Å². The number of carbonyl (C=O) groups excluding carboxylic acids is 1. The topological polar surface area (TPSA) is 69.0 Å². The molecule has 31 heavy (non-hydrogen) atoms. The lowest BCUT2D eigenvalue weighted by atomic mass is 10.0. The van der Waals surface area contributed by atoms with Crippen LogP contribution in [0.2, 0.25) is 5.02 Å². The summed E-state index contributed by atoms with van der Waals surface area (Å²) < 4.78 is 7.96. The van der Waals surface area contributed by atoms with Crippen molar-refractivity contribution in [3.63, 3.8) is 0 Å². The Hall–Kier alpha value is -2.03. The summed E-state index contributed by atoms with van der Waals surface area (Å²) in [5.74, 6) is 1.98. The fraction of sp³-hybridized carbons (Fsp3) is 0.409. The predicted octanol–water partition coefficient (Wildman–Crippen LogP) is 5.51. The molecule has 0 radical (unpaired) electrons. The molecule has 0 bridgehead atoms. The summed E-state index contributed by atoms with van der Waals surface area (Å²) >= 11 is 9.27. The zero-order chi connectivity index (χ0) is 21.8. The highest BCUT2D eigenvalue weighted by molar-refractivity contribution is 7.99. The van der Waals surface area contributed by atoms with Gasteiger partial charge in [-0.05, 0) is 42.3 Å². The second-order valence-corrected chi connectivity index (χ2v) is 10.1. The Morgan fingerprint density at radius 3 is 2.77 bits per heavy atom. The zero-order valence-electron chi connectivity index (χ0n) is 17.5. The molecule has 2 heterocycles. The van der Waals surface area contributed by atoms with Crippen molar-refractivity contribution in [1.82, 2.24) is 20.1 Å². The number of halogens is 1. The Balaban J connectivity index is 1.38. The molecule has 1 atom stereocenters. The molecule has 1 aromatic carbocycles. The van der Waals surface area contributed by atoms with Crippen molar-refractivity contribution >= 4 is 40.6 Å². The first-order chi connectivity index (χ1) is 15.0. The van der Waals surface area contributed by atoms with Crippen LogP contribution in [-0.2, 0) is 11.4 Å². The van der Waals surface area contributed by atoms with E-state index in [0.29, 0.717) is 28.5 Å². The van der Waals surface area contributed by atoms with Crippen LogP contribution in [0.3, 0.4) is 0 Å². The lowest BCUT2D eigenvalue weighted by molar-refractivity contribution is -0.119. The van der Waals surface area contributed by atoms with Gasteiger partial charge in [-0.2, -0.15) is 0 Å². The van der Waals surface area contributed by atoms with E-state index in [1.165, 1.54) is 16.6 Å². The molecule has 4 rings (SSSR count). The number of carbonyl (C=O) groups is 1. The predicted molar refractivity (Wildman–Crippen MR) is 125 cm³/mol. The standard InChI is InChI=1S/C22H25ClN4O2S2/c1-14(2)21(18-8-5-11-30-18)24-20(28)13-31-22-26-25-19(27(22)15-9-10-15)12-29-17-7-4-3-6-16(17)23/h3-8,11,14-15,21H,9-10,12-13H2,1-2H3,(H,24,28)/t21-/m0/s1. The minimum Gasteiger partial charge on any atom is -0.484 e. The van der Waals surface area contributed by atoms with E-state index in [0.717, 1.165) is 23.8 Å². The van der Waals surface area contributed by atoms with Gasteiger partial charge in [0, 0.05) is 10.9 Å². The summed E-state index contributed by atoms with van der Waals surface area (Å²) in [6.07, 6.45) is 2.18. The molecule has 0 saturated heterocycles. The summed E-state index contributed by atoms with van der Waals surface area (Å²) in [5.41, 5.74) is 0. The number of amides is 1. The van der Waals surface area contributed by atoms with E-state index in [1.54, 1.807) is 17.4 Å². The number of nitrogens with one attached hydrogen (secondary N) is 1. The molecule has 1 aliphatic carbocycles. The zero-order valence-corrected chi connectivity index (χ0v) is 19.8. The van der Waals surface area contributed by atoms with Gasteiger partial charge in [-0.25, -0.2) is 0 Å². The van der Waals surface area contributed by atoms with Crippen molar-refractivity contribution in [2.75, 3.05) is 5.75 Å². The minimum atomic E-state index is -0.00341. The second kappa shape index (κ2) is 10.1. The molecule has 6 nitrogen and oxygen atoms in total. The van der Waals surface area contributed by atoms with Gasteiger partial charge >= 0.3 is 0 Å². The lowest BCUT2D eigenvalue weighted by Gasteiger charge is -2.21. The molecule has 0 aliphatic heterocycles. The van der Waals surface area contributed by atoms with Gasteiger partial charge in [-0.15, -0.1) is 21.5 Å². The summed E-state index contributed by atoms with van der Waals surface area (Å²) in [6.45, 7) is 4.52. The van der Waals surface area contributed by atoms with Crippen molar-refractivity contribution in [2.24, 2.45) is 5.92 Å². The maximum absolute atomic E-state index is 12.7. The summed E-state index contributed by atoms with van der Waals surface area (Å²) in [7, 11) is 0. The summed E-state index contributed by atoms with van der Waals surface area (Å²) in [4.78, 5) is 13.8. The second-order valence-electron chi connectivity index (χ2n) is 7.81. The number of rotatable bonds is 10. The highest BCUT2D eigenvalue weighted by Crippen LogP contribution is 2.39. The molecule has 0 unspecified atom stereocenters. The van der Waals surface area contributed by atoms with E-state index < -0.39 is 0 Å². The number of ether oxygens (including phenoxy) is 1. The van der Waals surface area contributed by atoms with Crippen molar-refractivity contribution < 1.29 is 9.53 Å². The van der Waals surface area contributed by atoms with Crippen LogP contribution in [0.15, 0.2) is 46.9 Å². The Kier molecular flexibility index (Phi) is 7.20.